The molecule has 0 aliphatic carbocycles. The summed E-state index contributed by atoms with van der Waals surface area (Å²) in [7, 11) is 0. The molecule has 2 aromatic rings. The van der Waals surface area contributed by atoms with Crippen molar-refractivity contribution in [1.29, 1.82) is 0 Å². The third kappa shape index (κ3) is 2.94. The van der Waals surface area contributed by atoms with E-state index in [0.717, 1.165) is 16.6 Å². The van der Waals surface area contributed by atoms with Crippen LogP contribution in [0.4, 0.5) is 5.82 Å². The molecule has 2 aromatic heterocycles. The summed E-state index contributed by atoms with van der Waals surface area (Å²) < 4.78 is 0. The molecule has 0 saturated carbocycles. The summed E-state index contributed by atoms with van der Waals surface area (Å²) >= 11 is 3.36. The Hall–Kier alpha value is -1.07. The summed E-state index contributed by atoms with van der Waals surface area (Å²) in [5.41, 5.74) is 6.56. The zero-order chi connectivity index (χ0) is 10.7. The molecule has 3 nitrogen and oxygen atoms in total. The second-order valence-corrected chi connectivity index (χ2v) is 5.06. The highest BCUT2D eigenvalue weighted by Crippen LogP contribution is 2.22. The molecule has 0 radical (unpaired) electrons. The van der Waals surface area contributed by atoms with Crippen molar-refractivity contribution < 1.29 is 0 Å². The van der Waals surface area contributed by atoms with E-state index in [2.05, 4.69) is 21.4 Å². The van der Waals surface area contributed by atoms with Crippen LogP contribution in [-0.4, -0.2) is 9.97 Å². The standard InChI is InChI=1S/C10H11N3S2/c1-7-5-9(11)13-10(12-7)15-6-8-3-2-4-14-8/h2-5H,6H2,1H3,(H2,11,12,13). The summed E-state index contributed by atoms with van der Waals surface area (Å²) in [6, 6.07) is 5.93. The summed E-state index contributed by atoms with van der Waals surface area (Å²) in [4.78, 5) is 9.80. The molecule has 0 aromatic carbocycles. The van der Waals surface area contributed by atoms with Crippen molar-refractivity contribution in [3.8, 4) is 0 Å². The van der Waals surface area contributed by atoms with Gasteiger partial charge in [0.2, 0.25) is 0 Å². The van der Waals surface area contributed by atoms with Gasteiger partial charge in [-0.05, 0) is 18.4 Å². The number of aryl methyl sites for hydroxylation is 1. The molecule has 2 N–H and O–H groups in total. The number of anilines is 1. The minimum atomic E-state index is 0.538. The summed E-state index contributed by atoms with van der Waals surface area (Å²) in [5.74, 6) is 1.44. The van der Waals surface area contributed by atoms with E-state index in [-0.39, 0.29) is 0 Å². The second-order valence-electron chi connectivity index (χ2n) is 3.08. The van der Waals surface area contributed by atoms with Gasteiger partial charge in [-0.3, -0.25) is 0 Å². The number of hydrogen-bond acceptors (Lipinski definition) is 5. The molecule has 0 unspecified atom stereocenters. The first-order valence-electron chi connectivity index (χ1n) is 4.50. The van der Waals surface area contributed by atoms with Crippen molar-refractivity contribution >= 4 is 28.9 Å². The third-order valence-corrected chi connectivity index (χ3v) is 3.73. The zero-order valence-corrected chi connectivity index (χ0v) is 9.94. The largest absolute Gasteiger partial charge is 0.384 e. The van der Waals surface area contributed by atoms with E-state index in [1.807, 2.05) is 13.0 Å². The molecule has 5 heteroatoms. The third-order valence-electron chi connectivity index (χ3n) is 1.78. The lowest BCUT2D eigenvalue weighted by atomic mass is 10.4. The summed E-state index contributed by atoms with van der Waals surface area (Å²) in [6.07, 6.45) is 0. The van der Waals surface area contributed by atoms with Crippen LogP contribution >= 0.6 is 23.1 Å². The Balaban J connectivity index is 2.05. The fraction of sp³-hybridized carbons (Fsp3) is 0.200. The van der Waals surface area contributed by atoms with Crippen molar-refractivity contribution in [1.82, 2.24) is 9.97 Å². The van der Waals surface area contributed by atoms with E-state index in [0.29, 0.717) is 5.82 Å². The fourth-order valence-electron chi connectivity index (χ4n) is 1.16. The zero-order valence-electron chi connectivity index (χ0n) is 8.30. The minimum Gasteiger partial charge on any atom is -0.384 e. The van der Waals surface area contributed by atoms with Gasteiger partial charge in [0.05, 0.1) is 0 Å². The summed E-state index contributed by atoms with van der Waals surface area (Å²) in [5, 5.41) is 2.82. The van der Waals surface area contributed by atoms with E-state index < -0.39 is 0 Å². The lowest BCUT2D eigenvalue weighted by Crippen LogP contribution is -1.96. The topological polar surface area (TPSA) is 51.8 Å². The molecule has 0 aliphatic rings. The van der Waals surface area contributed by atoms with Crippen LogP contribution in [0.25, 0.3) is 0 Å². The SMILES string of the molecule is Cc1cc(N)nc(SCc2cccs2)n1. The van der Waals surface area contributed by atoms with Gasteiger partial charge < -0.3 is 5.73 Å². The Kier molecular flexibility index (Phi) is 3.23. The van der Waals surface area contributed by atoms with Crippen LogP contribution in [0.15, 0.2) is 28.7 Å². The number of nitrogen functional groups attached to an aromatic ring is 1. The molecule has 2 rings (SSSR count). The summed E-state index contributed by atoms with van der Waals surface area (Å²) in [6.45, 7) is 1.92. The van der Waals surface area contributed by atoms with Gasteiger partial charge in [0.15, 0.2) is 5.16 Å². The van der Waals surface area contributed by atoms with Gasteiger partial charge in [0.25, 0.3) is 0 Å². The van der Waals surface area contributed by atoms with E-state index in [1.54, 1.807) is 29.2 Å². The lowest BCUT2D eigenvalue weighted by Gasteiger charge is -2.01. The molecule has 78 valence electrons. The average molecular weight is 237 g/mol. The molecular weight excluding hydrogens is 226 g/mol. The van der Waals surface area contributed by atoms with Crippen LogP contribution in [0.1, 0.15) is 10.6 Å². The highest BCUT2D eigenvalue weighted by atomic mass is 32.2. The van der Waals surface area contributed by atoms with Crippen LogP contribution in [0.5, 0.6) is 0 Å². The van der Waals surface area contributed by atoms with Crippen molar-refractivity contribution in [2.45, 2.75) is 17.8 Å². The molecular formula is C10H11N3S2. The van der Waals surface area contributed by atoms with Gasteiger partial charge in [-0.2, -0.15) is 0 Å². The van der Waals surface area contributed by atoms with Gasteiger partial charge in [-0.25, -0.2) is 9.97 Å². The number of thioether (sulfide) groups is 1. The Morgan fingerprint density at radius 3 is 3.00 bits per heavy atom. The highest BCUT2D eigenvalue weighted by molar-refractivity contribution is 7.98. The average Bonchev–Trinajstić information content (AvgIpc) is 2.65. The minimum absolute atomic E-state index is 0.538. The van der Waals surface area contributed by atoms with Gasteiger partial charge in [0.1, 0.15) is 5.82 Å². The van der Waals surface area contributed by atoms with Crippen LogP contribution in [-0.2, 0) is 5.75 Å². The van der Waals surface area contributed by atoms with Crippen molar-refractivity contribution in [3.05, 3.63) is 34.2 Å². The normalized spacial score (nSPS) is 10.5. The van der Waals surface area contributed by atoms with Gasteiger partial charge >= 0.3 is 0 Å². The number of rotatable bonds is 3. The number of thiophene rings is 1. The van der Waals surface area contributed by atoms with Crippen molar-refractivity contribution in [2.24, 2.45) is 0 Å². The van der Waals surface area contributed by atoms with E-state index in [9.17, 15) is 0 Å². The molecule has 0 amide bonds. The molecule has 0 atom stereocenters. The monoisotopic (exact) mass is 237 g/mol. The van der Waals surface area contributed by atoms with Crippen LogP contribution in [0.3, 0.4) is 0 Å². The van der Waals surface area contributed by atoms with Crippen LogP contribution in [0.2, 0.25) is 0 Å². The Morgan fingerprint density at radius 2 is 2.33 bits per heavy atom. The van der Waals surface area contributed by atoms with E-state index in [1.165, 1.54) is 4.88 Å². The van der Waals surface area contributed by atoms with Gasteiger partial charge in [-0.1, -0.05) is 17.8 Å². The molecule has 0 bridgehead atoms. The Bertz CT molecular complexity index is 420. The first-order chi connectivity index (χ1) is 7.24. The number of nitrogens with two attached hydrogens (primary N) is 1. The smallest absolute Gasteiger partial charge is 0.190 e. The second kappa shape index (κ2) is 4.63. The molecule has 0 saturated heterocycles. The predicted molar refractivity (Wildman–Crippen MR) is 65.1 cm³/mol. The van der Waals surface area contributed by atoms with Crippen molar-refractivity contribution in [2.75, 3.05) is 5.73 Å². The predicted octanol–water partition coefficient (Wildman–Crippen LogP) is 2.72. The molecule has 2 heterocycles. The maximum Gasteiger partial charge on any atom is 0.190 e. The Labute approximate surface area is 96.8 Å². The quantitative estimate of drug-likeness (QED) is 0.658. The molecule has 0 spiro atoms. The Morgan fingerprint density at radius 1 is 1.47 bits per heavy atom. The molecule has 0 fully saturated rings. The van der Waals surface area contributed by atoms with E-state index >= 15 is 0 Å². The first-order valence-corrected chi connectivity index (χ1v) is 6.37. The first kappa shape index (κ1) is 10.4. The number of aromatic nitrogens is 2. The van der Waals surface area contributed by atoms with Crippen LogP contribution in [0, 0.1) is 6.92 Å². The molecule has 0 aliphatic heterocycles. The van der Waals surface area contributed by atoms with Crippen molar-refractivity contribution in [3.63, 3.8) is 0 Å². The van der Waals surface area contributed by atoms with Crippen LogP contribution < -0.4 is 5.73 Å². The lowest BCUT2D eigenvalue weighted by molar-refractivity contribution is 0.940. The maximum absolute atomic E-state index is 5.65. The van der Waals surface area contributed by atoms with E-state index in [4.69, 9.17) is 5.73 Å². The van der Waals surface area contributed by atoms with Gasteiger partial charge in [-0.15, -0.1) is 11.3 Å². The number of hydrogen-bond donors (Lipinski definition) is 1. The highest BCUT2D eigenvalue weighted by Gasteiger charge is 2.02. The van der Waals surface area contributed by atoms with Gasteiger partial charge in [0, 0.05) is 22.4 Å². The maximum atomic E-state index is 5.65. The fourth-order valence-corrected chi connectivity index (χ4v) is 2.84. The number of nitrogens with zero attached hydrogens (tertiary/aromatic N) is 2. The molecule has 15 heavy (non-hydrogen) atoms.